The molecule has 5 heteroatoms. The van der Waals surface area contributed by atoms with E-state index in [1.807, 2.05) is 24.4 Å². The summed E-state index contributed by atoms with van der Waals surface area (Å²) in [5.74, 6) is 0. The van der Waals surface area contributed by atoms with Gasteiger partial charge in [0.25, 0.3) is 0 Å². The minimum Gasteiger partial charge on any atom is -0.453 e. The minimum absolute atomic E-state index is 0.00614. The zero-order valence-corrected chi connectivity index (χ0v) is 13.5. The van der Waals surface area contributed by atoms with Gasteiger partial charge in [-0.05, 0) is 30.0 Å². The lowest BCUT2D eigenvalue weighted by Crippen LogP contribution is -2.11. The van der Waals surface area contributed by atoms with Gasteiger partial charge in [0.15, 0.2) is 0 Å². The van der Waals surface area contributed by atoms with Crippen LogP contribution in [0.25, 0.3) is 0 Å². The van der Waals surface area contributed by atoms with Gasteiger partial charge in [0.2, 0.25) is 0 Å². The lowest BCUT2D eigenvalue weighted by atomic mass is 9.99. The molecule has 0 aliphatic heterocycles. The van der Waals surface area contributed by atoms with Gasteiger partial charge in [0.1, 0.15) is 0 Å². The fraction of sp³-hybridized carbons (Fsp3) is 0.500. The van der Waals surface area contributed by atoms with Crippen molar-refractivity contribution in [1.82, 2.24) is 0 Å². The Morgan fingerprint density at radius 1 is 1.38 bits per heavy atom. The highest BCUT2D eigenvalue weighted by Gasteiger charge is 2.08. The SMILES string of the molecule is CCCNc1ccc(NC(=O)OC)cc1N=CC(C)(C)C. The maximum absolute atomic E-state index is 11.3. The summed E-state index contributed by atoms with van der Waals surface area (Å²) in [6, 6.07) is 5.57. The van der Waals surface area contributed by atoms with E-state index in [0.717, 1.165) is 24.3 Å². The van der Waals surface area contributed by atoms with Crippen LogP contribution in [0.15, 0.2) is 23.2 Å². The fourth-order valence-electron chi connectivity index (χ4n) is 1.56. The zero-order valence-electron chi connectivity index (χ0n) is 13.5. The van der Waals surface area contributed by atoms with Crippen LogP contribution in [0.2, 0.25) is 0 Å². The Labute approximate surface area is 126 Å². The van der Waals surface area contributed by atoms with Gasteiger partial charge in [0, 0.05) is 18.4 Å². The van der Waals surface area contributed by atoms with Gasteiger partial charge in [-0.3, -0.25) is 10.3 Å². The second kappa shape index (κ2) is 7.67. The molecule has 0 aromatic heterocycles. The van der Waals surface area contributed by atoms with Crippen LogP contribution in [0.3, 0.4) is 0 Å². The van der Waals surface area contributed by atoms with Crippen molar-refractivity contribution in [3.8, 4) is 0 Å². The molecule has 0 saturated carbocycles. The molecule has 0 radical (unpaired) electrons. The fourth-order valence-corrected chi connectivity index (χ4v) is 1.56. The van der Waals surface area contributed by atoms with E-state index >= 15 is 0 Å². The van der Waals surface area contributed by atoms with Crippen LogP contribution in [0.1, 0.15) is 34.1 Å². The van der Waals surface area contributed by atoms with Crippen LogP contribution in [0.4, 0.5) is 21.9 Å². The molecule has 2 N–H and O–H groups in total. The van der Waals surface area contributed by atoms with Crippen molar-refractivity contribution in [2.45, 2.75) is 34.1 Å². The highest BCUT2D eigenvalue weighted by atomic mass is 16.5. The summed E-state index contributed by atoms with van der Waals surface area (Å²) in [7, 11) is 1.34. The maximum atomic E-state index is 11.3. The topological polar surface area (TPSA) is 62.7 Å². The quantitative estimate of drug-likeness (QED) is 0.788. The molecule has 0 bridgehead atoms. The van der Waals surface area contributed by atoms with Gasteiger partial charge in [-0.2, -0.15) is 0 Å². The Morgan fingerprint density at radius 2 is 2.10 bits per heavy atom. The van der Waals surface area contributed by atoms with E-state index in [2.05, 4.69) is 48.1 Å². The van der Waals surface area contributed by atoms with Crippen molar-refractivity contribution in [3.05, 3.63) is 18.2 Å². The highest BCUT2D eigenvalue weighted by Crippen LogP contribution is 2.29. The molecule has 0 saturated heterocycles. The first-order valence-corrected chi connectivity index (χ1v) is 7.14. The molecular formula is C16H25N3O2. The standard InChI is InChI=1S/C16H25N3O2/c1-6-9-17-13-8-7-12(19-15(20)21-5)10-14(13)18-11-16(2,3)4/h7-8,10-11,17H,6,9H2,1-5H3,(H,19,20). The number of anilines is 2. The van der Waals surface area contributed by atoms with Crippen LogP contribution < -0.4 is 10.6 Å². The van der Waals surface area contributed by atoms with Crippen LogP contribution >= 0.6 is 0 Å². The van der Waals surface area contributed by atoms with E-state index in [0.29, 0.717) is 5.69 Å². The summed E-state index contributed by atoms with van der Waals surface area (Å²) in [4.78, 5) is 15.8. The maximum Gasteiger partial charge on any atom is 0.411 e. The third kappa shape index (κ3) is 6.29. The number of benzene rings is 1. The molecule has 0 heterocycles. The molecule has 0 unspecified atom stereocenters. The van der Waals surface area contributed by atoms with E-state index in [9.17, 15) is 4.79 Å². The summed E-state index contributed by atoms with van der Waals surface area (Å²) in [6.45, 7) is 9.25. The van der Waals surface area contributed by atoms with Gasteiger partial charge in [-0.15, -0.1) is 0 Å². The Kier molecular flexibility index (Phi) is 6.21. The Bertz CT molecular complexity index is 505. The lowest BCUT2D eigenvalue weighted by Gasteiger charge is -2.13. The number of nitrogens with one attached hydrogen (secondary N) is 2. The molecule has 0 aliphatic carbocycles. The largest absolute Gasteiger partial charge is 0.453 e. The molecule has 0 aliphatic rings. The van der Waals surface area contributed by atoms with Crippen molar-refractivity contribution >= 4 is 29.4 Å². The first-order chi connectivity index (χ1) is 9.85. The summed E-state index contributed by atoms with van der Waals surface area (Å²) >= 11 is 0. The van der Waals surface area contributed by atoms with Crippen molar-refractivity contribution in [2.75, 3.05) is 24.3 Å². The van der Waals surface area contributed by atoms with Crippen molar-refractivity contribution < 1.29 is 9.53 Å². The van der Waals surface area contributed by atoms with Crippen molar-refractivity contribution in [1.29, 1.82) is 0 Å². The summed E-state index contributed by atoms with van der Waals surface area (Å²) in [6.07, 6.45) is 2.45. The normalized spacial score (nSPS) is 11.5. The number of nitrogens with zero attached hydrogens (tertiary/aromatic N) is 1. The second-order valence-corrected chi connectivity index (χ2v) is 5.90. The number of rotatable bonds is 5. The van der Waals surface area contributed by atoms with Crippen molar-refractivity contribution in [2.24, 2.45) is 10.4 Å². The van der Waals surface area contributed by atoms with Crippen LogP contribution in [0, 0.1) is 5.41 Å². The zero-order chi connectivity index (χ0) is 15.9. The Hall–Kier alpha value is -2.04. The molecule has 5 nitrogen and oxygen atoms in total. The van der Waals surface area contributed by atoms with E-state index in [4.69, 9.17) is 0 Å². The Morgan fingerprint density at radius 3 is 2.67 bits per heavy atom. The third-order valence-corrected chi connectivity index (χ3v) is 2.59. The second-order valence-electron chi connectivity index (χ2n) is 5.90. The average molecular weight is 291 g/mol. The highest BCUT2D eigenvalue weighted by molar-refractivity contribution is 5.87. The van der Waals surface area contributed by atoms with E-state index < -0.39 is 6.09 Å². The molecule has 1 amide bonds. The first-order valence-electron chi connectivity index (χ1n) is 7.14. The number of carbonyl (C=O) groups excluding carboxylic acids is 1. The molecule has 0 atom stereocenters. The van der Waals surface area contributed by atoms with Gasteiger partial charge in [-0.25, -0.2) is 4.79 Å². The molecule has 116 valence electrons. The monoisotopic (exact) mass is 291 g/mol. The molecule has 1 aromatic carbocycles. The molecule has 1 aromatic rings. The van der Waals surface area contributed by atoms with Gasteiger partial charge >= 0.3 is 6.09 Å². The summed E-state index contributed by atoms with van der Waals surface area (Å²) < 4.78 is 4.60. The molecular weight excluding hydrogens is 266 g/mol. The van der Waals surface area contributed by atoms with E-state index in [1.54, 1.807) is 0 Å². The number of carbonyl (C=O) groups is 1. The predicted octanol–water partition coefficient (Wildman–Crippen LogP) is 4.44. The first kappa shape index (κ1) is 17.0. The molecule has 0 fully saturated rings. The number of hydrogen-bond acceptors (Lipinski definition) is 4. The average Bonchev–Trinajstić information content (AvgIpc) is 2.43. The number of aliphatic imine (C=N–C) groups is 1. The van der Waals surface area contributed by atoms with Gasteiger partial charge < -0.3 is 10.1 Å². The van der Waals surface area contributed by atoms with E-state index in [-0.39, 0.29) is 5.41 Å². The molecule has 1 rings (SSSR count). The predicted molar refractivity (Wildman–Crippen MR) is 88.9 cm³/mol. The smallest absolute Gasteiger partial charge is 0.411 e. The van der Waals surface area contributed by atoms with E-state index in [1.165, 1.54) is 7.11 Å². The number of methoxy groups -OCH3 is 1. The minimum atomic E-state index is -0.491. The number of hydrogen-bond donors (Lipinski definition) is 2. The summed E-state index contributed by atoms with van der Waals surface area (Å²) in [5, 5.41) is 5.99. The summed E-state index contributed by atoms with van der Waals surface area (Å²) in [5.41, 5.74) is 2.40. The number of amides is 1. The lowest BCUT2D eigenvalue weighted by molar-refractivity contribution is 0.187. The molecule has 21 heavy (non-hydrogen) atoms. The molecule has 0 spiro atoms. The van der Waals surface area contributed by atoms with Crippen LogP contribution in [-0.2, 0) is 4.74 Å². The van der Waals surface area contributed by atoms with Gasteiger partial charge in [-0.1, -0.05) is 27.7 Å². The van der Waals surface area contributed by atoms with Crippen molar-refractivity contribution in [3.63, 3.8) is 0 Å². The van der Waals surface area contributed by atoms with Crippen LogP contribution in [-0.4, -0.2) is 26.0 Å². The van der Waals surface area contributed by atoms with Crippen LogP contribution in [0.5, 0.6) is 0 Å². The Balaban J connectivity index is 3.04. The third-order valence-electron chi connectivity index (χ3n) is 2.59. The van der Waals surface area contributed by atoms with Gasteiger partial charge in [0.05, 0.1) is 18.5 Å². The number of ether oxygens (including phenoxy) is 1.